The van der Waals surface area contributed by atoms with E-state index < -0.39 is 18.2 Å². The van der Waals surface area contributed by atoms with E-state index in [1.165, 1.54) is 0 Å². The minimum absolute atomic E-state index is 0.115. The van der Waals surface area contributed by atoms with Crippen LogP contribution in [0.25, 0.3) is 0 Å². The van der Waals surface area contributed by atoms with Gasteiger partial charge >= 0.3 is 0 Å². The van der Waals surface area contributed by atoms with Gasteiger partial charge in [0, 0.05) is 5.75 Å². The van der Waals surface area contributed by atoms with Gasteiger partial charge in [0.15, 0.2) is 8.24 Å². The van der Waals surface area contributed by atoms with Crippen molar-refractivity contribution >= 4 is 18.2 Å². The molecule has 0 saturated heterocycles. The second kappa shape index (κ2) is 4.55. The highest BCUT2D eigenvalue weighted by atomic mass is 32.2. The number of hydrogen-bond donors (Lipinski definition) is 1. The minimum Gasteiger partial charge on any atom is -0.265 e. The third-order valence-corrected chi connectivity index (χ3v) is 11.4. The lowest BCUT2D eigenvalue weighted by molar-refractivity contribution is 0.458. The Morgan fingerprint density at radius 1 is 1.40 bits per heavy atom. The van der Waals surface area contributed by atoms with Gasteiger partial charge in [-0.25, -0.2) is 9.35 Å². The molecule has 0 spiro atoms. The molecule has 0 bridgehead atoms. The average Bonchev–Trinajstić information content (AvgIpc) is 2.02. The van der Waals surface area contributed by atoms with Crippen LogP contribution in [0.4, 0.5) is 0 Å². The Kier molecular flexibility index (Phi) is 4.59. The molecule has 0 amide bonds. The summed E-state index contributed by atoms with van der Waals surface area (Å²) in [4.78, 5) is 0. The van der Waals surface area contributed by atoms with Crippen molar-refractivity contribution in [3.63, 3.8) is 0 Å². The molecule has 1 atom stereocenters. The van der Waals surface area contributed by atoms with Crippen molar-refractivity contribution in [2.75, 3.05) is 5.75 Å². The monoisotopic (exact) mass is 250 g/mol. The highest BCUT2D eigenvalue weighted by Gasteiger charge is 2.42. The van der Waals surface area contributed by atoms with E-state index in [4.69, 9.17) is 5.14 Å². The van der Waals surface area contributed by atoms with Crippen LogP contribution in [0.2, 0.25) is 18.1 Å². The fourth-order valence-corrected chi connectivity index (χ4v) is 7.24. The summed E-state index contributed by atoms with van der Waals surface area (Å²) in [6, 6.07) is 0. The zero-order valence-corrected chi connectivity index (χ0v) is 12.9. The van der Waals surface area contributed by atoms with Gasteiger partial charge in [0.05, 0.1) is 9.92 Å². The first kappa shape index (κ1) is 15.1. The molecule has 0 rings (SSSR count). The molecule has 0 aromatic heterocycles. The Labute approximate surface area is 96.2 Å². The smallest absolute Gasteiger partial charge is 0.195 e. The largest absolute Gasteiger partial charge is 0.265 e. The zero-order valence-electron chi connectivity index (χ0n) is 11.1. The summed E-state index contributed by atoms with van der Waals surface area (Å²) in [5.41, 5.74) is 0. The van der Waals surface area contributed by atoms with E-state index in [1.807, 2.05) is 6.92 Å². The molecule has 15 heavy (non-hydrogen) atoms. The van der Waals surface area contributed by atoms with Crippen molar-refractivity contribution < 1.29 is 4.21 Å². The van der Waals surface area contributed by atoms with Gasteiger partial charge in [0.1, 0.15) is 0 Å². The molecule has 0 fully saturated rings. The summed E-state index contributed by atoms with van der Waals surface area (Å²) in [6.45, 7) is 14.9. The molecule has 0 aliphatic carbocycles. The van der Waals surface area contributed by atoms with Crippen molar-refractivity contribution in [3.8, 4) is 0 Å². The van der Waals surface area contributed by atoms with Crippen molar-refractivity contribution in [2.45, 2.75) is 52.8 Å². The molecule has 2 N–H and O–H groups in total. The van der Waals surface area contributed by atoms with Crippen LogP contribution in [-0.4, -0.2) is 18.2 Å². The molecule has 0 heterocycles. The summed E-state index contributed by atoms with van der Waals surface area (Å²) in [5.74, 6) is 0.965. The molecule has 0 aliphatic rings. The van der Waals surface area contributed by atoms with Crippen LogP contribution in [0.3, 0.4) is 0 Å². The van der Waals surface area contributed by atoms with Gasteiger partial charge in [0.25, 0.3) is 0 Å². The lowest BCUT2D eigenvalue weighted by atomic mass is 9.99. The molecule has 0 aromatic carbocycles. The van der Waals surface area contributed by atoms with Crippen LogP contribution in [0.1, 0.15) is 34.6 Å². The van der Waals surface area contributed by atoms with Crippen molar-refractivity contribution in [1.82, 2.24) is 0 Å². The maximum absolute atomic E-state index is 11.9. The molecule has 1 unspecified atom stereocenters. The lowest BCUT2D eigenvalue weighted by Crippen LogP contribution is -2.42. The van der Waals surface area contributed by atoms with Gasteiger partial charge in [-0.2, -0.15) is 0 Å². The molecule has 0 aromatic rings. The maximum Gasteiger partial charge on any atom is 0.195 e. The third kappa shape index (κ3) is 3.57. The van der Waals surface area contributed by atoms with Gasteiger partial charge < -0.3 is 0 Å². The van der Waals surface area contributed by atoms with E-state index >= 15 is 0 Å². The molecule has 3 nitrogen and oxygen atoms in total. The molecule has 0 saturated carbocycles. The number of nitrogens with two attached hydrogens (primary N) is 1. The summed E-state index contributed by atoms with van der Waals surface area (Å²) in [6.07, 6.45) is 0. The standard InChI is InChI=1S/C10H26N2OSSi/c1-8-14(11,13)12-15(6,7)10(4,5)9(2)3/h9H,8H2,1-7H3,(H2,11,12,13). The average molecular weight is 250 g/mol. The highest BCUT2D eigenvalue weighted by Crippen LogP contribution is 2.44. The Balaban J connectivity index is 5.35. The van der Waals surface area contributed by atoms with Gasteiger partial charge in [-0.05, 0) is 24.1 Å². The summed E-state index contributed by atoms with van der Waals surface area (Å²) in [5, 5.41) is 5.81. The van der Waals surface area contributed by atoms with Gasteiger partial charge in [-0.15, -0.1) is 0 Å². The number of rotatable bonds is 4. The predicted molar refractivity (Wildman–Crippen MR) is 71.7 cm³/mol. The summed E-state index contributed by atoms with van der Waals surface area (Å²) >= 11 is 0. The predicted octanol–water partition coefficient (Wildman–Crippen LogP) is 2.99. The quantitative estimate of drug-likeness (QED) is 0.766. The molecular weight excluding hydrogens is 224 g/mol. The molecule has 5 heteroatoms. The Bertz CT molecular complexity index is 328. The molecular formula is C10H26N2OSSi. The van der Waals surface area contributed by atoms with E-state index in [0.29, 0.717) is 11.7 Å². The SMILES string of the molecule is CCS(N)(=O)=N[Si](C)(C)C(C)(C)C(C)C. The summed E-state index contributed by atoms with van der Waals surface area (Å²) in [7, 11) is -4.38. The van der Waals surface area contributed by atoms with Crippen LogP contribution in [0, 0.1) is 5.92 Å². The van der Waals surface area contributed by atoms with Crippen LogP contribution in [0.15, 0.2) is 4.03 Å². The van der Waals surface area contributed by atoms with Gasteiger partial charge in [0.2, 0.25) is 0 Å². The third-order valence-electron chi connectivity index (χ3n) is 3.82. The second-order valence-corrected chi connectivity index (χ2v) is 12.6. The minimum atomic E-state index is -2.46. The van der Waals surface area contributed by atoms with Crippen LogP contribution < -0.4 is 5.14 Å². The summed E-state index contributed by atoms with van der Waals surface area (Å²) < 4.78 is 16.4. The van der Waals surface area contributed by atoms with Crippen molar-refractivity contribution in [1.29, 1.82) is 0 Å². The number of nitrogens with zero attached hydrogens (tertiary/aromatic N) is 1. The van der Waals surface area contributed by atoms with E-state index in [0.717, 1.165) is 0 Å². The highest BCUT2D eigenvalue weighted by molar-refractivity contribution is 7.92. The van der Waals surface area contributed by atoms with Gasteiger partial charge in [-0.3, -0.25) is 4.03 Å². The first-order valence-electron chi connectivity index (χ1n) is 5.50. The van der Waals surface area contributed by atoms with Crippen LogP contribution >= 0.6 is 0 Å². The Hall–Kier alpha value is 0.127. The van der Waals surface area contributed by atoms with E-state index in [-0.39, 0.29) is 5.04 Å². The normalized spacial score (nSPS) is 17.7. The Morgan fingerprint density at radius 3 is 2.07 bits per heavy atom. The van der Waals surface area contributed by atoms with Crippen LogP contribution in [-0.2, 0) is 9.92 Å². The fourth-order valence-electron chi connectivity index (χ4n) is 1.27. The first-order chi connectivity index (χ1) is 6.46. The van der Waals surface area contributed by atoms with Crippen molar-refractivity contribution in [3.05, 3.63) is 0 Å². The van der Waals surface area contributed by atoms with Gasteiger partial charge in [-0.1, -0.05) is 34.6 Å². The van der Waals surface area contributed by atoms with E-state index in [9.17, 15) is 4.21 Å². The fraction of sp³-hybridized carbons (Fsp3) is 1.00. The first-order valence-corrected chi connectivity index (χ1v) is 10.2. The Morgan fingerprint density at radius 2 is 1.80 bits per heavy atom. The lowest BCUT2D eigenvalue weighted by Gasteiger charge is -2.40. The topological polar surface area (TPSA) is 55.5 Å². The number of hydrogen-bond acceptors (Lipinski definition) is 2. The molecule has 0 radical (unpaired) electrons. The van der Waals surface area contributed by atoms with E-state index in [2.05, 4.69) is 44.8 Å². The molecule has 92 valence electrons. The van der Waals surface area contributed by atoms with Crippen molar-refractivity contribution in [2.24, 2.45) is 15.1 Å². The zero-order chi connectivity index (χ0) is 12.5. The maximum atomic E-state index is 11.9. The van der Waals surface area contributed by atoms with E-state index in [1.54, 1.807) is 0 Å². The van der Waals surface area contributed by atoms with Crippen LogP contribution in [0.5, 0.6) is 0 Å². The second-order valence-electron chi connectivity index (χ2n) is 5.51. The molecule has 0 aliphatic heterocycles.